The number of benzene rings is 1. The van der Waals surface area contributed by atoms with E-state index >= 15 is 0 Å². The van der Waals surface area contributed by atoms with Gasteiger partial charge in [0.1, 0.15) is 5.82 Å². The highest BCUT2D eigenvalue weighted by Crippen LogP contribution is 2.29. The first kappa shape index (κ1) is 10.7. The van der Waals surface area contributed by atoms with Crippen molar-refractivity contribution in [3.63, 3.8) is 0 Å². The van der Waals surface area contributed by atoms with Crippen LogP contribution < -0.4 is 5.73 Å². The number of amides is 1. The fourth-order valence-corrected chi connectivity index (χ4v) is 1.75. The van der Waals surface area contributed by atoms with Crippen molar-refractivity contribution in [3.05, 3.63) is 46.9 Å². The molecule has 5 heteroatoms. The van der Waals surface area contributed by atoms with Crippen LogP contribution >= 0.6 is 11.6 Å². The predicted octanol–water partition coefficient (Wildman–Crippen LogP) is 2.57. The molecule has 2 aromatic rings. The van der Waals surface area contributed by atoms with Gasteiger partial charge in [0.25, 0.3) is 5.91 Å². The van der Waals surface area contributed by atoms with Crippen molar-refractivity contribution in [1.29, 1.82) is 0 Å². The first-order valence-electron chi connectivity index (χ1n) is 4.52. The maximum atomic E-state index is 12.9. The molecule has 0 saturated carbocycles. The molecule has 0 aliphatic carbocycles. The second-order valence-electron chi connectivity index (χ2n) is 3.25. The number of carbonyl (C=O) groups excluding carboxylic acids is 1. The van der Waals surface area contributed by atoms with Crippen LogP contribution in [-0.4, -0.2) is 10.9 Å². The summed E-state index contributed by atoms with van der Waals surface area (Å²) in [6, 6.07) is 5.50. The highest BCUT2D eigenvalue weighted by Gasteiger charge is 2.13. The van der Waals surface area contributed by atoms with Gasteiger partial charge in [-0.05, 0) is 24.3 Å². The molecule has 0 atom stereocenters. The molecule has 1 heterocycles. The topological polar surface area (TPSA) is 58.9 Å². The van der Waals surface area contributed by atoms with Gasteiger partial charge >= 0.3 is 0 Å². The summed E-state index contributed by atoms with van der Waals surface area (Å²) in [5, 5.41) is 0.227. The number of nitrogens with one attached hydrogen (secondary N) is 1. The van der Waals surface area contributed by atoms with E-state index in [0.717, 1.165) is 0 Å². The van der Waals surface area contributed by atoms with E-state index in [1.807, 2.05) is 0 Å². The number of H-pyrrole nitrogens is 1. The van der Waals surface area contributed by atoms with Gasteiger partial charge in [0.05, 0.1) is 16.3 Å². The van der Waals surface area contributed by atoms with E-state index in [0.29, 0.717) is 16.8 Å². The van der Waals surface area contributed by atoms with Crippen LogP contribution in [0.3, 0.4) is 0 Å². The Kier molecular flexibility index (Phi) is 2.66. The average Bonchev–Trinajstić information content (AvgIpc) is 2.66. The van der Waals surface area contributed by atoms with Gasteiger partial charge in [0, 0.05) is 11.8 Å². The van der Waals surface area contributed by atoms with Crippen LogP contribution in [0, 0.1) is 5.82 Å². The van der Waals surface area contributed by atoms with Crippen LogP contribution in [0.5, 0.6) is 0 Å². The van der Waals surface area contributed by atoms with Gasteiger partial charge in [-0.2, -0.15) is 0 Å². The summed E-state index contributed by atoms with van der Waals surface area (Å²) in [5.41, 5.74) is 6.57. The molecule has 1 aromatic heterocycles. The Morgan fingerprint density at radius 1 is 1.38 bits per heavy atom. The maximum Gasteiger partial charge on any atom is 0.250 e. The largest absolute Gasteiger partial charge is 0.366 e. The fourth-order valence-electron chi connectivity index (χ4n) is 1.49. The van der Waals surface area contributed by atoms with E-state index in [1.165, 1.54) is 18.2 Å². The molecule has 1 aromatic carbocycles. The lowest BCUT2D eigenvalue weighted by atomic mass is 10.1. The van der Waals surface area contributed by atoms with Gasteiger partial charge in [0.15, 0.2) is 0 Å². The van der Waals surface area contributed by atoms with Gasteiger partial charge in [0.2, 0.25) is 0 Å². The van der Waals surface area contributed by atoms with Crippen LogP contribution in [0.15, 0.2) is 30.5 Å². The van der Waals surface area contributed by atoms with E-state index in [2.05, 4.69) is 4.98 Å². The minimum Gasteiger partial charge on any atom is -0.366 e. The summed E-state index contributed by atoms with van der Waals surface area (Å²) >= 11 is 5.89. The van der Waals surface area contributed by atoms with Crippen LogP contribution in [0.2, 0.25) is 5.02 Å². The van der Waals surface area contributed by atoms with Crippen LogP contribution in [0.4, 0.5) is 4.39 Å². The Hall–Kier alpha value is -1.81. The van der Waals surface area contributed by atoms with E-state index in [1.54, 1.807) is 12.3 Å². The van der Waals surface area contributed by atoms with Gasteiger partial charge in [-0.3, -0.25) is 4.79 Å². The van der Waals surface area contributed by atoms with Gasteiger partial charge < -0.3 is 10.7 Å². The third-order valence-electron chi connectivity index (χ3n) is 2.21. The monoisotopic (exact) mass is 238 g/mol. The Morgan fingerprint density at radius 3 is 2.75 bits per heavy atom. The van der Waals surface area contributed by atoms with Gasteiger partial charge in [-0.25, -0.2) is 4.39 Å². The number of primary amides is 1. The Balaban J connectivity index is 2.59. The Morgan fingerprint density at radius 2 is 2.12 bits per heavy atom. The first-order chi connectivity index (χ1) is 7.59. The molecule has 3 nitrogen and oxygen atoms in total. The Bertz CT molecular complexity index is 551. The van der Waals surface area contributed by atoms with Crippen LogP contribution in [0.25, 0.3) is 11.3 Å². The smallest absolute Gasteiger partial charge is 0.250 e. The molecule has 0 unspecified atom stereocenters. The molecule has 1 amide bonds. The van der Waals surface area contributed by atoms with Crippen LogP contribution in [-0.2, 0) is 0 Å². The van der Waals surface area contributed by atoms with Crippen molar-refractivity contribution in [2.45, 2.75) is 0 Å². The van der Waals surface area contributed by atoms with Crippen molar-refractivity contribution in [3.8, 4) is 11.3 Å². The summed E-state index contributed by atoms with van der Waals surface area (Å²) in [5.74, 6) is -0.988. The minimum atomic E-state index is -0.559. The number of hydrogen-bond acceptors (Lipinski definition) is 1. The third kappa shape index (κ3) is 1.79. The normalized spacial score (nSPS) is 10.4. The zero-order valence-electron chi connectivity index (χ0n) is 8.13. The minimum absolute atomic E-state index is 0.227. The van der Waals surface area contributed by atoms with E-state index in [4.69, 9.17) is 17.3 Å². The number of hydrogen-bond donors (Lipinski definition) is 2. The molecule has 0 fully saturated rings. The molecule has 0 saturated heterocycles. The third-order valence-corrected chi connectivity index (χ3v) is 2.53. The lowest BCUT2D eigenvalue weighted by Crippen LogP contribution is -2.11. The summed E-state index contributed by atoms with van der Waals surface area (Å²) in [6.07, 6.45) is 1.58. The SMILES string of the molecule is NC(=O)c1cc[nH]c1-c1ccc(F)cc1Cl. The molecule has 82 valence electrons. The maximum absolute atomic E-state index is 12.9. The molecular formula is C11H8ClFN2O. The number of halogens is 2. The fraction of sp³-hybridized carbons (Fsp3) is 0. The first-order valence-corrected chi connectivity index (χ1v) is 4.90. The standard InChI is InChI=1S/C11H8ClFN2O/c12-9-5-6(13)1-2-7(9)10-8(11(14)16)3-4-15-10/h1-5,15H,(H2,14,16). The number of aromatic amines is 1. The lowest BCUT2D eigenvalue weighted by molar-refractivity contribution is 0.100. The molecule has 0 radical (unpaired) electrons. The number of nitrogens with two attached hydrogens (primary N) is 1. The van der Waals surface area contributed by atoms with Crippen LogP contribution in [0.1, 0.15) is 10.4 Å². The van der Waals surface area contributed by atoms with Crippen molar-refractivity contribution >= 4 is 17.5 Å². The number of aromatic nitrogens is 1. The molecule has 0 spiro atoms. The summed E-state index contributed by atoms with van der Waals surface area (Å²) in [7, 11) is 0. The second-order valence-corrected chi connectivity index (χ2v) is 3.66. The van der Waals surface area contributed by atoms with Gasteiger partial charge in [-0.15, -0.1) is 0 Å². The molecular weight excluding hydrogens is 231 g/mol. The molecule has 16 heavy (non-hydrogen) atoms. The van der Waals surface area contributed by atoms with Gasteiger partial charge in [-0.1, -0.05) is 11.6 Å². The summed E-state index contributed by atoms with van der Waals surface area (Å²) in [6.45, 7) is 0. The van der Waals surface area contributed by atoms with Crippen molar-refractivity contribution in [2.24, 2.45) is 5.73 Å². The van der Waals surface area contributed by atoms with E-state index in [-0.39, 0.29) is 5.02 Å². The predicted molar refractivity (Wildman–Crippen MR) is 59.7 cm³/mol. The summed E-state index contributed by atoms with van der Waals surface area (Å²) < 4.78 is 12.9. The number of rotatable bonds is 2. The highest BCUT2D eigenvalue weighted by molar-refractivity contribution is 6.33. The quantitative estimate of drug-likeness (QED) is 0.830. The zero-order valence-corrected chi connectivity index (χ0v) is 8.88. The van der Waals surface area contributed by atoms with Crippen molar-refractivity contribution in [2.75, 3.05) is 0 Å². The van der Waals surface area contributed by atoms with E-state index < -0.39 is 11.7 Å². The lowest BCUT2D eigenvalue weighted by Gasteiger charge is -2.04. The van der Waals surface area contributed by atoms with Crippen molar-refractivity contribution < 1.29 is 9.18 Å². The highest BCUT2D eigenvalue weighted by atomic mass is 35.5. The molecule has 0 aliphatic rings. The Labute approximate surface area is 96.0 Å². The molecule has 0 aliphatic heterocycles. The molecule has 0 bridgehead atoms. The van der Waals surface area contributed by atoms with Crippen molar-refractivity contribution in [1.82, 2.24) is 4.98 Å². The second kappa shape index (κ2) is 3.98. The molecule has 3 N–H and O–H groups in total. The molecule has 2 rings (SSSR count). The number of carbonyl (C=O) groups is 1. The average molecular weight is 239 g/mol. The van der Waals surface area contributed by atoms with E-state index in [9.17, 15) is 9.18 Å². The summed E-state index contributed by atoms with van der Waals surface area (Å²) in [4.78, 5) is 14.0. The zero-order chi connectivity index (χ0) is 11.7.